The van der Waals surface area contributed by atoms with Gasteiger partial charge in [-0.3, -0.25) is 0 Å². The molecule has 2 aliphatic carbocycles. The van der Waals surface area contributed by atoms with Gasteiger partial charge in [-0.1, -0.05) is 101 Å². The maximum absolute atomic E-state index is 3.91. The van der Waals surface area contributed by atoms with Gasteiger partial charge in [0.2, 0.25) is 0 Å². The average Bonchev–Trinajstić information content (AvgIpc) is 3.55. The first-order valence-corrected chi connectivity index (χ1v) is 13.7. The second-order valence-corrected chi connectivity index (χ2v) is 12.3. The van der Waals surface area contributed by atoms with Crippen LogP contribution in [0.25, 0.3) is 54.8 Å². The van der Waals surface area contributed by atoms with Gasteiger partial charge in [-0.05, 0) is 70.1 Å². The lowest BCUT2D eigenvalue weighted by Gasteiger charge is -2.22. The first-order chi connectivity index (χ1) is 18.2. The predicted molar refractivity (Wildman–Crippen MR) is 164 cm³/mol. The van der Waals surface area contributed by atoms with Crippen LogP contribution in [0.5, 0.6) is 0 Å². The Kier molecular flexibility index (Phi) is 3.96. The zero-order valence-electron chi connectivity index (χ0n) is 22.7. The van der Waals surface area contributed by atoms with Crippen molar-refractivity contribution in [3.63, 3.8) is 0 Å². The van der Waals surface area contributed by atoms with Gasteiger partial charge in [-0.25, -0.2) is 0 Å². The smallest absolute Gasteiger partial charge is 0.0620 e. The summed E-state index contributed by atoms with van der Waals surface area (Å²) < 4.78 is 2.55. The number of allylic oxidation sites excluding steroid dienone is 5. The number of nitrogens with zero attached hydrogens (tertiary/aromatic N) is 1. The van der Waals surface area contributed by atoms with Crippen LogP contribution in [0.1, 0.15) is 56.9 Å². The molecule has 0 saturated carbocycles. The summed E-state index contributed by atoms with van der Waals surface area (Å²) in [6.07, 6.45) is 6.17. The van der Waals surface area contributed by atoms with E-state index in [1.54, 1.807) is 0 Å². The highest BCUT2D eigenvalue weighted by Crippen LogP contribution is 2.53. The average molecular weight is 490 g/mol. The Hall–Kier alpha value is -4.10. The minimum atomic E-state index is -0.0209. The molecule has 38 heavy (non-hydrogen) atoms. The van der Waals surface area contributed by atoms with Crippen LogP contribution in [0.3, 0.4) is 0 Å². The van der Waals surface area contributed by atoms with E-state index in [1.807, 2.05) is 6.08 Å². The molecule has 0 saturated heterocycles. The van der Waals surface area contributed by atoms with Crippen LogP contribution < -0.4 is 0 Å². The molecule has 0 aliphatic heterocycles. The van der Waals surface area contributed by atoms with E-state index in [0.717, 1.165) is 0 Å². The van der Waals surface area contributed by atoms with Gasteiger partial charge < -0.3 is 4.40 Å². The molecule has 8 rings (SSSR count). The number of aromatic nitrogens is 1. The van der Waals surface area contributed by atoms with Gasteiger partial charge in [-0.15, -0.1) is 0 Å². The van der Waals surface area contributed by atoms with E-state index >= 15 is 0 Å². The Morgan fingerprint density at radius 3 is 1.97 bits per heavy atom. The molecule has 2 aliphatic rings. The largest absolute Gasteiger partial charge is 0.308 e. The highest BCUT2D eigenvalue weighted by Gasteiger charge is 2.37. The summed E-state index contributed by atoms with van der Waals surface area (Å²) in [6, 6.07) is 25.7. The van der Waals surface area contributed by atoms with Crippen LogP contribution >= 0.6 is 0 Å². The van der Waals surface area contributed by atoms with E-state index in [9.17, 15) is 0 Å². The molecule has 0 fully saturated rings. The lowest BCUT2D eigenvalue weighted by Crippen LogP contribution is -2.15. The number of hydrogen-bond acceptors (Lipinski definition) is 0. The van der Waals surface area contributed by atoms with Gasteiger partial charge in [-0.2, -0.15) is 0 Å². The SMILES string of the molecule is C=C/C=C\C1=C(C)C(C)(C)c2cc3c(cc21)c1cccc2c4cc5c(cc4n3c12)C(C)(C)c1ccccc1-5. The Bertz CT molecular complexity index is 2090. The van der Waals surface area contributed by atoms with Gasteiger partial charge in [0.25, 0.3) is 0 Å². The highest BCUT2D eigenvalue weighted by molar-refractivity contribution is 6.24. The lowest BCUT2D eigenvalue weighted by atomic mass is 9.81. The van der Waals surface area contributed by atoms with Crippen molar-refractivity contribution in [2.45, 2.75) is 45.4 Å². The lowest BCUT2D eigenvalue weighted by molar-refractivity contribution is 0.640. The fourth-order valence-corrected chi connectivity index (χ4v) is 7.58. The van der Waals surface area contributed by atoms with Crippen molar-refractivity contribution < 1.29 is 0 Å². The minimum Gasteiger partial charge on any atom is -0.308 e. The van der Waals surface area contributed by atoms with Crippen LogP contribution in [-0.4, -0.2) is 4.40 Å². The molecule has 0 radical (unpaired) electrons. The molecule has 0 unspecified atom stereocenters. The van der Waals surface area contributed by atoms with E-state index in [-0.39, 0.29) is 10.8 Å². The fraction of sp³-hybridized carbons (Fsp3) is 0.189. The Morgan fingerprint density at radius 2 is 1.29 bits per heavy atom. The van der Waals surface area contributed by atoms with Crippen molar-refractivity contribution in [3.05, 3.63) is 119 Å². The predicted octanol–water partition coefficient (Wildman–Crippen LogP) is 9.95. The zero-order chi connectivity index (χ0) is 26.1. The molecule has 0 atom stereocenters. The molecule has 1 nitrogen and oxygen atoms in total. The molecular weight excluding hydrogens is 458 g/mol. The first kappa shape index (κ1) is 21.9. The number of hydrogen-bond donors (Lipinski definition) is 0. The maximum Gasteiger partial charge on any atom is 0.0620 e. The van der Waals surface area contributed by atoms with Crippen LogP contribution in [0, 0.1) is 0 Å². The van der Waals surface area contributed by atoms with Gasteiger partial charge in [0.1, 0.15) is 0 Å². The molecule has 0 N–H and O–H groups in total. The third-order valence-corrected chi connectivity index (χ3v) is 9.86. The van der Waals surface area contributed by atoms with E-state index in [2.05, 4.69) is 124 Å². The van der Waals surface area contributed by atoms with Crippen LogP contribution in [0.4, 0.5) is 0 Å². The normalized spacial score (nSPS) is 17.4. The summed E-state index contributed by atoms with van der Waals surface area (Å²) in [5, 5.41) is 5.37. The summed E-state index contributed by atoms with van der Waals surface area (Å²) in [4.78, 5) is 0. The molecule has 2 aromatic heterocycles. The Balaban J connectivity index is 1.52. The highest BCUT2D eigenvalue weighted by atomic mass is 14.9. The fourth-order valence-electron chi connectivity index (χ4n) is 7.58. The molecule has 6 aromatic rings. The van der Waals surface area contributed by atoms with E-state index < -0.39 is 0 Å². The quantitative estimate of drug-likeness (QED) is 0.213. The number of para-hydroxylation sites is 1. The molecule has 0 bridgehead atoms. The summed E-state index contributed by atoms with van der Waals surface area (Å²) in [5.41, 5.74) is 15.1. The van der Waals surface area contributed by atoms with Crippen LogP contribution in [0.15, 0.2) is 97.1 Å². The van der Waals surface area contributed by atoms with Crippen LogP contribution in [0.2, 0.25) is 0 Å². The minimum absolute atomic E-state index is 0.0194. The summed E-state index contributed by atoms with van der Waals surface area (Å²) >= 11 is 0. The molecule has 2 heterocycles. The second-order valence-electron chi connectivity index (χ2n) is 12.3. The molecule has 184 valence electrons. The van der Waals surface area contributed by atoms with E-state index in [0.29, 0.717) is 0 Å². The van der Waals surface area contributed by atoms with Gasteiger partial charge in [0.05, 0.1) is 16.6 Å². The van der Waals surface area contributed by atoms with Crippen molar-refractivity contribution in [2.75, 3.05) is 0 Å². The molecule has 4 aromatic carbocycles. The number of benzene rings is 4. The second kappa shape index (κ2) is 6.85. The standard InChI is InChI=1S/C37H31N/c1-7-8-12-22-21(2)36(3,4)31-19-33-28(17-26(22)31)24-14-11-15-25-29-18-27-23-13-9-10-16-30(23)37(5,6)32(27)20-34(29)38(33)35(24)25/h7-20H,1H2,2-6H3/b12-8-. The number of rotatable bonds is 2. The van der Waals surface area contributed by atoms with Gasteiger partial charge in [0.15, 0.2) is 0 Å². The third-order valence-electron chi connectivity index (χ3n) is 9.86. The Morgan fingerprint density at radius 1 is 0.658 bits per heavy atom. The van der Waals surface area contributed by atoms with Crippen molar-refractivity contribution in [1.82, 2.24) is 4.40 Å². The summed E-state index contributed by atoms with van der Waals surface area (Å²) in [5.74, 6) is 0. The monoisotopic (exact) mass is 489 g/mol. The Labute approximate surface area is 223 Å². The third kappa shape index (κ3) is 2.39. The van der Waals surface area contributed by atoms with Gasteiger partial charge >= 0.3 is 0 Å². The van der Waals surface area contributed by atoms with Crippen molar-refractivity contribution in [3.8, 4) is 11.1 Å². The van der Waals surface area contributed by atoms with Gasteiger partial charge in [0, 0.05) is 32.4 Å². The summed E-state index contributed by atoms with van der Waals surface area (Å²) in [7, 11) is 0. The van der Waals surface area contributed by atoms with E-state index in [1.165, 1.54) is 82.6 Å². The topological polar surface area (TPSA) is 4.41 Å². The van der Waals surface area contributed by atoms with E-state index in [4.69, 9.17) is 0 Å². The number of fused-ring (bicyclic) bond motifs is 10. The molecule has 0 spiro atoms. The van der Waals surface area contributed by atoms with Crippen molar-refractivity contribution in [2.24, 2.45) is 0 Å². The van der Waals surface area contributed by atoms with Crippen molar-refractivity contribution in [1.29, 1.82) is 0 Å². The van der Waals surface area contributed by atoms with Crippen LogP contribution in [-0.2, 0) is 10.8 Å². The first-order valence-electron chi connectivity index (χ1n) is 13.7. The zero-order valence-corrected chi connectivity index (χ0v) is 22.7. The molecule has 1 heteroatoms. The summed E-state index contributed by atoms with van der Waals surface area (Å²) in [6.45, 7) is 15.7. The van der Waals surface area contributed by atoms with Crippen molar-refractivity contribution >= 4 is 43.7 Å². The molecular formula is C37H31N. The molecule has 0 amide bonds. The maximum atomic E-state index is 3.91.